The maximum atomic E-state index is 12.3. The minimum Gasteiger partial charge on any atom is -0.488 e. The lowest BCUT2D eigenvalue weighted by Gasteiger charge is -2.09. The van der Waals surface area contributed by atoms with E-state index in [1.54, 1.807) is 6.08 Å². The molecular weight excluding hydrogens is 428 g/mol. The zero-order valence-corrected chi connectivity index (χ0v) is 17.5. The molecule has 144 valence electrons. The minimum atomic E-state index is -0.346. The Morgan fingerprint density at radius 3 is 2.48 bits per heavy atom. The summed E-state index contributed by atoms with van der Waals surface area (Å²) in [6, 6.07) is 23.6. The summed E-state index contributed by atoms with van der Waals surface area (Å²) in [6.45, 7) is 2.52. The van der Waals surface area contributed by atoms with E-state index in [0.29, 0.717) is 17.9 Å². The van der Waals surface area contributed by atoms with Gasteiger partial charge in [0.05, 0.1) is 10.0 Å². The van der Waals surface area contributed by atoms with E-state index in [0.717, 1.165) is 32.5 Å². The topological polar surface area (TPSA) is 35.5 Å². The van der Waals surface area contributed by atoms with Gasteiger partial charge >= 0.3 is 5.97 Å². The number of carbonyl (C=O) groups is 1. The van der Waals surface area contributed by atoms with Crippen LogP contribution < -0.4 is 4.74 Å². The van der Waals surface area contributed by atoms with Gasteiger partial charge in [-0.05, 0) is 58.3 Å². The Morgan fingerprint density at radius 2 is 1.76 bits per heavy atom. The van der Waals surface area contributed by atoms with E-state index in [-0.39, 0.29) is 5.97 Å². The molecule has 1 heterocycles. The zero-order valence-electron chi connectivity index (χ0n) is 15.9. The van der Waals surface area contributed by atoms with Crippen molar-refractivity contribution in [2.24, 2.45) is 0 Å². The highest BCUT2D eigenvalue weighted by Crippen LogP contribution is 2.30. The monoisotopic (exact) mass is 446 g/mol. The van der Waals surface area contributed by atoms with E-state index in [9.17, 15) is 4.79 Å². The predicted octanol–water partition coefficient (Wildman–Crippen LogP) is 6.32. The highest BCUT2D eigenvalue weighted by atomic mass is 79.9. The molecule has 0 saturated heterocycles. The fourth-order valence-electron chi connectivity index (χ4n) is 2.99. The third kappa shape index (κ3) is 4.66. The molecule has 1 aliphatic rings. The van der Waals surface area contributed by atoms with Crippen LogP contribution in [0.2, 0.25) is 0 Å². The molecule has 3 aromatic rings. The average Bonchev–Trinajstić information content (AvgIpc) is 3.09. The highest BCUT2D eigenvalue weighted by molar-refractivity contribution is 9.10. The molecular formula is C25H19BrO3. The Balaban J connectivity index is 1.51. The van der Waals surface area contributed by atoms with Gasteiger partial charge in [-0.3, -0.25) is 0 Å². The third-order valence-corrected chi connectivity index (χ3v) is 5.20. The molecule has 0 bridgehead atoms. The largest absolute Gasteiger partial charge is 0.488 e. The van der Waals surface area contributed by atoms with Crippen LogP contribution in [0.25, 0.3) is 11.8 Å². The predicted molar refractivity (Wildman–Crippen MR) is 118 cm³/mol. The van der Waals surface area contributed by atoms with Crippen molar-refractivity contribution >= 4 is 33.7 Å². The molecule has 3 nitrogen and oxygen atoms in total. The van der Waals surface area contributed by atoms with Crippen LogP contribution in [0, 0.1) is 6.92 Å². The Hall–Kier alpha value is -3.11. The van der Waals surface area contributed by atoms with Gasteiger partial charge in [0.1, 0.15) is 18.1 Å². The molecule has 0 radical (unpaired) electrons. The Bertz CT molecular complexity index is 1100. The minimum absolute atomic E-state index is 0.346. The summed E-state index contributed by atoms with van der Waals surface area (Å²) in [5.74, 6) is 0.977. The lowest BCUT2D eigenvalue weighted by molar-refractivity contribution is -0.130. The molecule has 0 fully saturated rings. The van der Waals surface area contributed by atoms with Crippen LogP contribution in [0.3, 0.4) is 0 Å². The van der Waals surface area contributed by atoms with E-state index in [2.05, 4.69) is 15.9 Å². The maximum absolute atomic E-state index is 12.3. The zero-order chi connectivity index (χ0) is 20.2. The molecule has 0 aromatic heterocycles. The molecule has 0 spiro atoms. The standard InChI is InChI=1S/C25H19BrO3/c1-17-7-10-20(11-8-17)24-15-21(25(27)29-24)13-19-9-12-23(22(26)14-19)28-16-18-5-3-2-4-6-18/h2-15H,16H2,1H3. The molecule has 0 N–H and O–H groups in total. The quantitative estimate of drug-likeness (QED) is 0.339. The van der Waals surface area contributed by atoms with Crippen LogP contribution >= 0.6 is 15.9 Å². The highest BCUT2D eigenvalue weighted by Gasteiger charge is 2.22. The van der Waals surface area contributed by atoms with Crippen LogP contribution in [0.5, 0.6) is 5.75 Å². The second kappa shape index (κ2) is 8.50. The van der Waals surface area contributed by atoms with Crippen LogP contribution in [0.4, 0.5) is 0 Å². The molecule has 0 atom stereocenters. The number of carbonyl (C=O) groups excluding carboxylic acids is 1. The molecule has 4 heteroatoms. The molecule has 4 rings (SSSR count). The number of esters is 1. The van der Waals surface area contributed by atoms with Gasteiger partial charge in [0.15, 0.2) is 0 Å². The van der Waals surface area contributed by atoms with Crippen molar-refractivity contribution < 1.29 is 14.3 Å². The number of benzene rings is 3. The number of halogens is 1. The SMILES string of the molecule is Cc1ccc(C2=CC(=Cc3ccc(OCc4ccccc4)c(Br)c3)C(=O)O2)cc1. The molecule has 0 aliphatic carbocycles. The molecule has 0 saturated carbocycles. The summed E-state index contributed by atoms with van der Waals surface area (Å²) in [5.41, 5.74) is 4.56. The van der Waals surface area contributed by atoms with E-state index in [1.807, 2.05) is 85.8 Å². The van der Waals surface area contributed by atoms with Crippen molar-refractivity contribution in [3.8, 4) is 5.75 Å². The fourth-order valence-corrected chi connectivity index (χ4v) is 3.50. The van der Waals surface area contributed by atoms with Gasteiger partial charge in [-0.15, -0.1) is 0 Å². The summed E-state index contributed by atoms with van der Waals surface area (Å²) < 4.78 is 12.1. The van der Waals surface area contributed by atoms with Gasteiger partial charge in [-0.25, -0.2) is 4.79 Å². The normalized spacial score (nSPS) is 14.6. The van der Waals surface area contributed by atoms with Gasteiger partial charge < -0.3 is 9.47 Å². The molecule has 0 amide bonds. The number of rotatable bonds is 5. The van der Waals surface area contributed by atoms with Crippen molar-refractivity contribution in [2.45, 2.75) is 13.5 Å². The first kappa shape index (κ1) is 19.2. The maximum Gasteiger partial charge on any atom is 0.343 e. The van der Waals surface area contributed by atoms with Gasteiger partial charge in [0, 0.05) is 5.56 Å². The third-order valence-electron chi connectivity index (χ3n) is 4.58. The second-order valence-corrected chi connectivity index (χ2v) is 7.68. The summed E-state index contributed by atoms with van der Waals surface area (Å²) in [5, 5.41) is 0. The van der Waals surface area contributed by atoms with Crippen LogP contribution in [-0.4, -0.2) is 5.97 Å². The number of aryl methyl sites for hydroxylation is 1. The van der Waals surface area contributed by atoms with E-state index in [1.165, 1.54) is 0 Å². The Labute approximate surface area is 178 Å². The van der Waals surface area contributed by atoms with Crippen molar-refractivity contribution in [3.63, 3.8) is 0 Å². The molecule has 29 heavy (non-hydrogen) atoms. The van der Waals surface area contributed by atoms with Crippen LogP contribution in [-0.2, 0) is 16.1 Å². The van der Waals surface area contributed by atoms with Crippen LogP contribution in [0.15, 0.2) is 88.9 Å². The number of cyclic esters (lactones) is 1. The summed E-state index contributed by atoms with van der Waals surface area (Å²) in [6.07, 6.45) is 3.59. The van der Waals surface area contributed by atoms with Crippen molar-refractivity contribution in [3.05, 3.63) is 111 Å². The molecule has 3 aromatic carbocycles. The number of hydrogen-bond acceptors (Lipinski definition) is 3. The van der Waals surface area contributed by atoms with E-state index in [4.69, 9.17) is 9.47 Å². The molecule has 0 unspecified atom stereocenters. The van der Waals surface area contributed by atoms with Gasteiger partial charge in [0.2, 0.25) is 0 Å². The van der Waals surface area contributed by atoms with Crippen molar-refractivity contribution in [2.75, 3.05) is 0 Å². The van der Waals surface area contributed by atoms with E-state index >= 15 is 0 Å². The first-order valence-electron chi connectivity index (χ1n) is 9.27. The van der Waals surface area contributed by atoms with Gasteiger partial charge in [-0.2, -0.15) is 0 Å². The fraction of sp³-hybridized carbons (Fsp3) is 0.0800. The lowest BCUT2D eigenvalue weighted by Crippen LogP contribution is -1.97. The Kier molecular flexibility index (Phi) is 5.63. The second-order valence-electron chi connectivity index (χ2n) is 6.83. The summed E-state index contributed by atoms with van der Waals surface area (Å²) >= 11 is 3.55. The first-order chi connectivity index (χ1) is 14.1. The lowest BCUT2D eigenvalue weighted by atomic mass is 10.1. The summed E-state index contributed by atoms with van der Waals surface area (Å²) in [4.78, 5) is 12.3. The molecule has 1 aliphatic heterocycles. The Morgan fingerprint density at radius 1 is 1.00 bits per heavy atom. The summed E-state index contributed by atoms with van der Waals surface area (Å²) in [7, 11) is 0. The van der Waals surface area contributed by atoms with Gasteiger partial charge in [-0.1, -0.05) is 66.2 Å². The average molecular weight is 447 g/mol. The van der Waals surface area contributed by atoms with Crippen molar-refractivity contribution in [1.29, 1.82) is 0 Å². The first-order valence-corrected chi connectivity index (χ1v) is 10.1. The smallest absolute Gasteiger partial charge is 0.343 e. The number of hydrogen-bond donors (Lipinski definition) is 0. The van der Waals surface area contributed by atoms with Crippen LogP contribution in [0.1, 0.15) is 22.3 Å². The van der Waals surface area contributed by atoms with E-state index < -0.39 is 0 Å². The number of ether oxygens (including phenoxy) is 2. The van der Waals surface area contributed by atoms with Crippen molar-refractivity contribution in [1.82, 2.24) is 0 Å². The van der Waals surface area contributed by atoms with Gasteiger partial charge in [0.25, 0.3) is 0 Å².